The molecule has 0 unspecified atom stereocenters. The molecule has 0 aliphatic heterocycles. The molecule has 6 nitrogen and oxygen atoms in total. The van der Waals surface area contributed by atoms with Crippen LogP contribution in [0.1, 0.15) is 25.8 Å². The lowest BCUT2D eigenvalue weighted by Crippen LogP contribution is -2.40. The van der Waals surface area contributed by atoms with Crippen molar-refractivity contribution >= 4 is 15.9 Å². The molecule has 0 radical (unpaired) electrons. The summed E-state index contributed by atoms with van der Waals surface area (Å²) in [5.41, 5.74) is 0.874. The Labute approximate surface area is 126 Å². The van der Waals surface area contributed by atoms with E-state index >= 15 is 0 Å². The van der Waals surface area contributed by atoms with Crippen LogP contribution in [0.15, 0.2) is 24.5 Å². The lowest BCUT2D eigenvalue weighted by atomic mass is 10.1. The Balaban J connectivity index is 2.52. The molecule has 0 fully saturated rings. The summed E-state index contributed by atoms with van der Waals surface area (Å²) in [6, 6.07) is 3.63. The van der Waals surface area contributed by atoms with Gasteiger partial charge in [-0.25, -0.2) is 8.42 Å². The summed E-state index contributed by atoms with van der Waals surface area (Å²) in [5.74, 6) is 0.0701. The van der Waals surface area contributed by atoms with Crippen LogP contribution in [0.4, 0.5) is 0 Å². The van der Waals surface area contributed by atoms with Crippen molar-refractivity contribution in [3.05, 3.63) is 30.1 Å². The van der Waals surface area contributed by atoms with E-state index in [1.54, 1.807) is 18.5 Å². The van der Waals surface area contributed by atoms with Crippen LogP contribution in [0.25, 0.3) is 0 Å². The quantitative estimate of drug-likeness (QED) is 0.776. The molecule has 0 saturated carbocycles. The zero-order valence-corrected chi connectivity index (χ0v) is 13.6. The van der Waals surface area contributed by atoms with E-state index in [0.29, 0.717) is 19.0 Å². The minimum absolute atomic E-state index is 0.147. The van der Waals surface area contributed by atoms with Crippen molar-refractivity contribution in [2.75, 3.05) is 19.3 Å². The largest absolute Gasteiger partial charge is 0.351 e. The first-order valence-corrected chi connectivity index (χ1v) is 8.74. The molecule has 1 amide bonds. The first kappa shape index (κ1) is 17.6. The summed E-state index contributed by atoms with van der Waals surface area (Å²) >= 11 is 0. The van der Waals surface area contributed by atoms with Crippen LogP contribution in [0, 0.1) is 5.92 Å². The van der Waals surface area contributed by atoms with Crippen molar-refractivity contribution in [2.45, 2.75) is 26.8 Å². The van der Waals surface area contributed by atoms with Crippen molar-refractivity contribution in [3.8, 4) is 0 Å². The second-order valence-electron chi connectivity index (χ2n) is 5.42. The van der Waals surface area contributed by atoms with Gasteiger partial charge in [0.05, 0.1) is 12.8 Å². The summed E-state index contributed by atoms with van der Waals surface area (Å²) in [7, 11) is -3.38. The van der Waals surface area contributed by atoms with Gasteiger partial charge in [-0.2, -0.15) is 4.31 Å². The van der Waals surface area contributed by atoms with Crippen LogP contribution in [0.5, 0.6) is 0 Å². The third-order valence-electron chi connectivity index (χ3n) is 2.96. The van der Waals surface area contributed by atoms with E-state index in [9.17, 15) is 13.2 Å². The molecular formula is C14H23N3O3S. The third-order valence-corrected chi connectivity index (χ3v) is 4.21. The molecule has 0 saturated heterocycles. The fraction of sp³-hybridized carbons (Fsp3) is 0.571. The molecule has 0 aliphatic carbocycles. The Hall–Kier alpha value is -1.47. The number of nitrogens with one attached hydrogen (secondary N) is 1. The molecular weight excluding hydrogens is 290 g/mol. The summed E-state index contributed by atoms with van der Waals surface area (Å²) in [6.07, 6.45) is 5.17. The minimum Gasteiger partial charge on any atom is -0.351 e. The second-order valence-corrected chi connectivity index (χ2v) is 7.40. The Morgan fingerprint density at radius 1 is 1.43 bits per heavy atom. The summed E-state index contributed by atoms with van der Waals surface area (Å²) < 4.78 is 24.6. The van der Waals surface area contributed by atoms with E-state index < -0.39 is 10.0 Å². The summed E-state index contributed by atoms with van der Waals surface area (Å²) in [5, 5.41) is 2.70. The summed E-state index contributed by atoms with van der Waals surface area (Å²) in [4.78, 5) is 15.8. The lowest BCUT2D eigenvalue weighted by Gasteiger charge is -2.20. The van der Waals surface area contributed by atoms with Gasteiger partial charge >= 0.3 is 0 Å². The number of pyridine rings is 1. The number of nitrogens with zero attached hydrogens (tertiary/aromatic N) is 2. The first-order chi connectivity index (χ1) is 9.79. The highest BCUT2D eigenvalue weighted by Crippen LogP contribution is 2.05. The molecule has 118 valence electrons. The molecule has 0 atom stereocenters. The van der Waals surface area contributed by atoms with Gasteiger partial charge in [0, 0.05) is 25.5 Å². The van der Waals surface area contributed by atoms with Crippen LogP contribution >= 0.6 is 0 Å². The van der Waals surface area contributed by atoms with Gasteiger partial charge in [0.25, 0.3) is 0 Å². The Morgan fingerprint density at radius 3 is 2.67 bits per heavy atom. The molecule has 1 aromatic heterocycles. The number of amides is 1. The number of carbonyl (C=O) groups is 1. The van der Waals surface area contributed by atoms with Gasteiger partial charge in [0.2, 0.25) is 15.9 Å². The maximum atomic E-state index is 11.9. The predicted molar refractivity (Wildman–Crippen MR) is 82.0 cm³/mol. The van der Waals surface area contributed by atoms with E-state index in [1.807, 2.05) is 19.9 Å². The van der Waals surface area contributed by atoms with Crippen molar-refractivity contribution in [1.29, 1.82) is 0 Å². The van der Waals surface area contributed by atoms with E-state index in [0.717, 1.165) is 18.2 Å². The second kappa shape index (κ2) is 8.09. The molecule has 0 bridgehead atoms. The van der Waals surface area contributed by atoms with E-state index in [-0.39, 0.29) is 12.5 Å². The average molecular weight is 313 g/mol. The lowest BCUT2D eigenvalue weighted by molar-refractivity contribution is -0.121. The van der Waals surface area contributed by atoms with Crippen molar-refractivity contribution < 1.29 is 13.2 Å². The highest BCUT2D eigenvalue weighted by atomic mass is 32.2. The standard InChI is InChI=1S/C14H23N3O3S/c1-12(2)6-8-17(21(3,19)20)11-14(18)16-10-13-5-4-7-15-9-13/h4-5,7,9,12H,6,8,10-11H2,1-3H3,(H,16,18). The Bertz CT molecular complexity index is 544. The van der Waals surface area contributed by atoms with Gasteiger partial charge in [-0.1, -0.05) is 19.9 Å². The molecule has 0 spiro atoms. The van der Waals surface area contributed by atoms with Gasteiger partial charge in [-0.15, -0.1) is 0 Å². The predicted octanol–water partition coefficient (Wildman–Crippen LogP) is 1.01. The fourth-order valence-corrected chi connectivity index (χ4v) is 2.47. The smallest absolute Gasteiger partial charge is 0.235 e. The molecule has 0 aromatic carbocycles. The fourth-order valence-electron chi connectivity index (χ4n) is 1.68. The number of rotatable bonds is 8. The molecule has 1 rings (SSSR count). The molecule has 1 N–H and O–H groups in total. The van der Waals surface area contributed by atoms with E-state index in [4.69, 9.17) is 0 Å². The van der Waals surface area contributed by atoms with Crippen LogP contribution in [-0.4, -0.2) is 43.0 Å². The Morgan fingerprint density at radius 2 is 2.14 bits per heavy atom. The SMILES string of the molecule is CC(C)CCN(CC(=O)NCc1cccnc1)S(C)(=O)=O. The van der Waals surface area contributed by atoms with Crippen LogP contribution in [0.3, 0.4) is 0 Å². The number of hydrogen-bond donors (Lipinski definition) is 1. The topological polar surface area (TPSA) is 79.4 Å². The van der Waals surface area contributed by atoms with Gasteiger partial charge in [0.1, 0.15) is 0 Å². The third kappa shape index (κ3) is 7.19. The van der Waals surface area contributed by atoms with E-state index in [1.165, 1.54) is 4.31 Å². The van der Waals surface area contributed by atoms with Crippen molar-refractivity contribution in [3.63, 3.8) is 0 Å². The number of carbonyl (C=O) groups excluding carboxylic acids is 1. The molecule has 7 heteroatoms. The summed E-state index contributed by atoms with van der Waals surface area (Å²) in [6.45, 7) is 4.59. The number of sulfonamides is 1. The van der Waals surface area contributed by atoms with Crippen molar-refractivity contribution in [2.24, 2.45) is 5.92 Å². The molecule has 21 heavy (non-hydrogen) atoms. The molecule has 0 aliphatic rings. The first-order valence-electron chi connectivity index (χ1n) is 6.89. The zero-order chi connectivity index (χ0) is 15.9. The van der Waals surface area contributed by atoms with E-state index in [2.05, 4.69) is 10.3 Å². The van der Waals surface area contributed by atoms with Gasteiger partial charge in [-0.3, -0.25) is 9.78 Å². The molecule has 1 heterocycles. The Kier molecular flexibility index (Phi) is 6.77. The average Bonchev–Trinajstić information content (AvgIpc) is 2.41. The van der Waals surface area contributed by atoms with Gasteiger partial charge < -0.3 is 5.32 Å². The van der Waals surface area contributed by atoms with Crippen molar-refractivity contribution in [1.82, 2.24) is 14.6 Å². The maximum absolute atomic E-state index is 11.9. The van der Waals surface area contributed by atoms with Crippen LogP contribution in [0.2, 0.25) is 0 Å². The normalized spacial score (nSPS) is 11.9. The highest BCUT2D eigenvalue weighted by Gasteiger charge is 2.20. The zero-order valence-electron chi connectivity index (χ0n) is 12.7. The monoisotopic (exact) mass is 313 g/mol. The molecule has 1 aromatic rings. The number of aromatic nitrogens is 1. The number of hydrogen-bond acceptors (Lipinski definition) is 4. The van der Waals surface area contributed by atoms with Gasteiger partial charge in [-0.05, 0) is 24.0 Å². The van der Waals surface area contributed by atoms with Crippen LogP contribution in [-0.2, 0) is 21.4 Å². The van der Waals surface area contributed by atoms with Gasteiger partial charge in [0.15, 0.2) is 0 Å². The van der Waals surface area contributed by atoms with Crippen LogP contribution < -0.4 is 5.32 Å². The minimum atomic E-state index is -3.38. The maximum Gasteiger partial charge on any atom is 0.235 e. The highest BCUT2D eigenvalue weighted by molar-refractivity contribution is 7.88.